The Labute approximate surface area is 116 Å². The first-order valence-corrected chi connectivity index (χ1v) is 7.76. The zero-order chi connectivity index (χ0) is 13.2. The van der Waals surface area contributed by atoms with E-state index in [-0.39, 0.29) is 0 Å². The maximum Gasteiger partial charge on any atom is 0.115 e. The third-order valence-electron chi connectivity index (χ3n) is 4.96. The van der Waals surface area contributed by atoms with Crippen molar-refractivity contribution in [3.05, 3.63) is 29.3 Å². The van der Waals surface area contributed by atoms with Gasteiger partial charge in [0.25, 0.3) is 0 Å². The topological polar surface area (TPSA) is 23.5 Å². The molecule has 0 spiro atoms. The molecule has 1 atom stereocenters. The van der Waals surface area contributed by atoms with Gasteiger partial charge in [-0.15, -0.1) is 0 Å². The third-order valence-corrected chi connectivity index (χ3v) is 4.96. The Morgan fingerprint density at radius 3 is 2.74 bits per heavy atom. The van der Waals surface area contributed by atoms with Crippen molar-refractivity contribution in [2.75, 3.05) is 13.6 Å². The van der Waals surface area contributed by atoms with Crippen LogP contribution in [0.25, 0.3) is 0 Å². The molecule has 19 heavy (non-hydrogen) atoms. The fourth-order valence-electron chi connectivity index (χ4n) is 3.96. The predicted octanol–water partition coefficient (Wildman–Crippen LogP) is 3.89. The van der Waals surface area contributed by atoms with Gasteiger partial charge in [-0.1, -0.05) is 18.9 Å². The molecule has 1 unspecified atom stereocenters. The van der Waals surface area contributed by atoms with Gasteiger partial charge in [0, 0.05) is 12.6 Å². The summed E-state index contributed by atoms with van der Waals surface area (Å²) < 4.78 is 0. The molecule has 0 heterocycles. The van der Waals surface area contributed by atoms with Crippen LogP contribution in [0.1, 0.15) is 55.7 Å². The summed E-state index contributed by atoms with van der Waals surface area (Å²) in [6.07, 6.45) is 9.31. The van der Waals surface area contributed by atoms with Crippen molar-refractivity contribution in [1.29, 1.82) is 0 Å². The quantitative estimate of drug-likeness (QED) is 0.890. The highest BCUT2D eigenvalue weighted by atomic mass is 16.3. The summed E-state index contributed by atoms with van der Waals surface area (Å²) in [6, 6.07) is 6.51. The number of phenolic OH excluding ortho intramolecular Hbond substituents is 1. The van der Waals surface area contributed by atoms with Gasteiger partial charge in [0.15, 0.2) is 0 Å². The van der Waals surface area contributed by atoms with E-state index < -0.39 is 0 Å². The first kappa shape index (κ1) is 13.0. The monoisotopic (exact) mass is 259 g/mol. The molecule has 1 aromatic carbocycles. The van der Waals surface area contributed by atoms with E-state index >= 15 is 0 Å². The largest absolute Gasteiger partial charge is 0.508 e. The van der Waals surface area contributed by atoms with E-state index in [0.29, 0.717) is 11.8 Å². The summed E-state index contributed by atoms with van der Waals surface area (Å²) in [6.45, 7) is 1.24. The molecule has 2 heteroatoms. The summed E-state index contributed by atoms with van der Waals surface area (Å²) in [4.78, 5) is 2.56. The van der Waals surface area contributed by atoms with Gasteiger partial charge in [0.2, 0.25) is 0 Å². The molecule has 0 amide bonds. The van der Waals surface area contributed by atoms with Crippen molar-refractivity contribution in [2.24, 2.45) is 5.92 Å². The molecular weight excluding hydrogens is 234 g/mol. The van der Waals surface area contributed by atoms with Crippen molar-refractivity contribution in [1.82, 2.24) is 4.90 Å². The second-order valence-electron chi connectivity index (χ2n) is 6.38. The maximum absolute atomic E-state index is 9.63. The molecule has 0 radical (unpaired) electrons. The summed E-state index contributed by atoms with van der Waals surface area (Å²) in [7, 11) is 2.28. The molecule has 1 saturated carbocycles. The average Bonchev–Trinajstić information content (AvgIpc) is 2.90. The SMILES string of the molecule is CN(CC1CCCC1)C1CCCc2cc(O)ccc21. The van der Waals surface area contributed by atoms with Crippen LogP contribution in [0.3, 0.4) is 0 Å². The fraction of sp³-hybridized carbons (Fsp3) is 0.647. The summed E-state index contributed by atoms with van der Waals surface area (Å²) in [5.41, 5.74) is 2.80. The minimum absolute atomic E-state index is 0.415. The van der Waals surface area contributed by atoms with Gasteiger partial charge in [0.05, 0.1) is 0 Å². The summed E-state index contributed by atoms with van der Waals surface area (Å²) >= 11 is 0. The Kier molecular flexibility index (Phi) is 3.79. The van der Waals surface area contributed by atoms with Gasteiger partial charge in [-0.3, -0.25) is 4.90 Å². The van der Waals surface area contributed by atoms with Crippen LogP contribution >= 0.6 is 0 Å². The number of nitrogens with zero attached hydrogens (tertiary/aromatic N) is 1. The first-order chi connectivity index (χ1) is 9.24. The van der Waals surface area contributed by atoms with Gasteiger partial charge in [-0.05, 0) is 68.3 Å². The highest BCUT2D eigenvalue weighted by Crippen LogP contribution is 2.36. The molecular formula is C17H25NO. The third kappa shape index (κ3) is 2.79. The molecule has 1 aromatic rings. The van der Waals surface area contributed by atoms with E-state index in [4.69, 9.17) is 0 Å². The van der Waals surface area contributed by atoms with E-state index in [1.165, 1.54) is 56.2 Å². The van der Waals surface area contributed by atoms with Crippen LogP contribution in [-0.4, -0.2) is 23.6 Å². The lowest BCUT2D eigenvalue weighted by Crippen LogP contribution is -2.31. The molecule has 2 aliphatic rings. The van der Waals surface area contributed by atoms with E-state index in [1.807, 2.05) is 12.1 Å². The molecule has 1 N–H and O–H groups in total. The number of aryl methyl sites for hydroxylation is 1. The maximum atomic E-state index is 9.63. The molecule has 3 rings (SSSR count). The van der Waals surface area contributed by atoms with Crippen LogP contribution in [0.5, 0.6) is 5.75 Å². The average molecular weight is 259 g/mol. The van der Waals surface area contributed by atoms with Crippen LogP contribution in [0.4, 0.5) is 0 Å². The van der Waals surface area contributed by atoms with Gasteiger partial charge in [-0.2, -0.15) is 0 Å². The first-order valence-electron chi connectivity index (χ1n) is 7.76. The number of phenols is 1. The van der Waals surface area contributed by atoms with E-state index in [0.717, 1.165) is 12.3 Å². The predicted molar refractivity (Wildman–Crippen MR) is 78.4 cm³/mol. The second kappa shape index (κ2) is 5.54. The fourth-order valence-corrected chi connectivity index (χ4v) is 3.96. The number of aromatic hydroxyl groups is 1. The highest BCUT2D eigenvalue weighted by Gasteiger charge is 2.26. The number of benzene rings is 1. The second-order valence-corrected chi connectivity index (χ2v) is 6.38. The van der Waals surface area contributed by atoms with Gasteiger partial charge >= 0.3 is 0 Å². The Morgan fingerprint density at radius 1 is 1.16 bits per heavy atom. The van der Waals surface area contributed by atoms with Gasteiger partial charge in [0.1, 0.15) is 5.75 Å². The number of rotatable bonds is 3. The summed E-state index contributed by atoms with van der Waals surface area (Å²) in [5.74, 6) is 1.32. The molecule has 0 aliphatic heterocycles. The van der Waals surface area contributed by atoms with Crippen LogP contribution in [-0.2, 0) is 6.42 Å². The molecule has 0 aromatic heterocycles. The Morgan fingerprint density at radius 2 is 1.95 bits per heavy atom. The zero-order valence-electron chi connectivity index (χ0n) is 11.9. The zero-order valence-corrected chi connectivity index (χ0v) is 11.9. The highest BCUT2D eigenvalue weighted by molar-refractivity contribution is 5.38. The normalized spacial score (nSPS) is 23.8. The van der Waals surface area contributed by atoms with Crippen molar-refractivity contribution in [3.8, 4) is 5.75 Å². The van der Waals surface area contributed by atoms with E-state index in [9.17, 15) is 5.11 Å². The number of hydrogen-bond donors (Lipinski definition) is 1. The van der Waals surface area contributed by atoms with Crippen LogP contribution in [0.15, 0.2) is 18.2 Å². The minimum atomic E-state index is 0.415. The Hall–Kier alpha value is -1.02. The lowest BCUT2D eigenvalue weighted by Gasteiger charge is -2.34. The molecule has 2 aliphatic carbocycles. The molecule has 1 fully saturated rings. The van der Waals surface area contributed by atoms with Gasteiger partial charge < -0.3 is 5.11 Å². The van der Waals surface area contributed by atoms with Crippen molar-refractivity contribution >= 4 is 0 Å². The van der Waals surface area contributed by atoms with Crippen LogP contribution < -0.4 is 0 Å². The van der Waals surface area contributed by atoms with Crippen molar-refractivity contribution < 1.29 is 5.11 Å². The molecule has 0 saturated heterocycles. The van der Waals surface area contributed by atoms with Crippen LogP contribution in [0, 0.1) is 5.92 Å². The number of fused-ring (bicyclic) bond motifs is 1. The van der Waals surface area contributed by atoms with Gasteiger partial charge in [-0.25, -0.2) is 0 Å². The van der Waals surface area contributed by atoms with Crippen molar-refractivity contribution in [3.63, 3.8) is 0 Å². The number of hydrogen-bond acceptors (Lipinski definition) is 2. The van der Waals surface area contributed by atoms with Crippen LogP contribution in [0.2, 0.25) is 0 Å². The van der Waals surface area contributed by atoms with E-state index in [2.05, 4.69) is 18.0 Å². The Bertz CT molecular complexity index is 437. The molecule has 2 nitrogen and oxygen atoms in total. The molecule has 0 bridgehead atoms. The van der Waals surface area contributed by atoms with Crippen molar-refractivity contribution in [2.45, 2.75) is 51.0 Å². The lowest BCUT2D eigenvalue weighted by molar-refractivity contribution is 0.190. The standard InChI is InChI=1S/C17H25NO/c1-18(12-13-5-2-3-6-13)17-8-4-7-14-11-15(19)9-10-16(14)17/h9-11,13,17,19H,2-8,12H2,1H3. The molecule has 104 valence electrons. The Balaban J connectivity index is 1.74. The minimum Gasteiger partial charge on any atom is -0.508 e. The lowest BCUT2D eigenvalue weighted by atomic mass is 9.86. The van der Waals surface area contributed by atoms with E-state index in [1.54, 1.807) is 0 Å². The smallest absolute Gasteiger partial charge is 0.115 e. The summed E-state index contributed by atoms with van der Waals surface area (Å²) in [5, 5.41) is 9.63.